The Balaban J connectivity index is 1.51. The van der Waals surface area contributed by atoms with Crippen molar-refractivity contribution in [2.45, 2.75) is 19.8 Å². The summed E-state index contributed by atoms with van der Waals surface area (Å²) in [4.78, 5) is 12.7. The van der Waals surface area contributed by atoms with E-state index in [1.165, 1.54) is 5.56 Å². The summed E-state index contributed by atoms with van der Waals surface area (Å²) in [5.41, 5.74) is 0.837. The molecule has 2 saturated heterocycles. The average Bonchev–Trinajstić information content (AvgIpc) is 3.02. The molecule has 126 valence electrons. The second kappa shape index (κ2) is 7.32. The Morgan fingerprint density at radius 1 is 1.43 bits per heavy atom. The fourth-order valence-corrected chi connectivity index (χ4v) is 3.58. The Labute approximate surface area is 137 Å². The first-order valence-corrected chi connectivity index (χ1v) is 8.53. The molecule has 5 nitrogen and oxygen atoms in total. The van der Waals surface area contributed by atoms with E-state index in [0.717, 1.165) is 38.3 Å². The van der Waals surface area contributed by atoms with Gasteiger partial charge in [-0.05, 0) is 49.9 Å². The first kappa shape index (κ1) is 16.3. The average molecular weight is 318 g/mol. The summed E-state index contributed by atoms with van der Waals surface area (Å²) in [5.74, 6) is 1.43. The van der Waals surface area contributed by atoms with E-state index in [1.54, 1.807) is 0 Å². The van der Waals surface area contributed by atoms with E-state index >= 15 is 0 Å². The molecule has 2 atom stereocenters. The summed E-state index contributed by atoms with van der Waals surface area (Å²) in [6, 6.07) is 8.06. The molecule has 0 aliphatic carbocycles. The lowest BCUT2D eigenvalue weighted by atomic mass is 9.75. The minimum Gasteiger partial charge on any atom is -0.494 e. The monoisotopic (exact) mass is 318 g/mol. The lowest BCUT2D eigenvalue weighted by molar-refractivity contribution is -0.141. The number of hydrogen-bond acceptors (Lipinski definition) is 4. The molecule has 0 spiro atoms. The first-order valence-electron chi connectivity index (χ1n) is 8.53. The van der Waals surface area contributed by atoms with Gasteiger partial charge in [-0.1, -0.05) is 12.1 Å². The number of amides is 1. The van der Waals surface area contributed by atoms with Crippen molar-refractivity contribution >= 4 is 5.91 Å². The Bertz CT molecular complexity index is 532. The zero-order valence-corrected chi connectivity index (χ0v) is 13.8. The summed E-state index contributed by atoms with van der Waals surface area (Å²) >= 11 is 0. The van der Waals surface area contributed by atoms with Crippen LogP contribution >= 0.6 is 0 Å². The quantitative estimate of drug-likeness (QED) is 0.832. The lowest BCUT2D eigenvalue weighted by Gasteiger charge is -2.36. The number of carbonyl (C=O) groups excluding carboxylic acids is 1. The van der Waals surface area contributed by atoms with Crippen molar-refractivity contribution in [3.8, 4) is 5.75 Å². The molecule has 2 fully saturated rings. The maximum Gasteiger partial charge on any atom is 0.230 e. The van der Waals surface area contributed by atoms with Gasteiger partial charge in [0.25, 0.3) is 0 Å². The third kappa shape index (κ3) is 3.51. The molecule has 23 heavy (non-hydrogen) atoms. The molecular formula is C18H26N2O3. The summed E-state index contributed by atoms with van der Waals surface area (Å²) in [6.07, 6.45) is 1.80. The Kier molecular flexibility index (Phi) is 5.18. The predicted molar refractivity (Wildman–Crippen MR) is 88.6 cm³/mol. The van der Waals surface area contributed by atoms with Crippen LogP contribution in [0, 0.1) is 11.3 Å². The van der Waals surface area contributed by atoms with Crippen molar-refractivity contribution < 1.29 is 14.3 Å². The van der Waals surface area contributed by atoms with Gasteiger partial charge in [0.2, 0.25) is 5.91 Å². The van der Waals surface area contributed by atoms with E-state index in [-0.39, 0.29) is 11.3 Å². The second-order valence-corrected chi connectivity index (χ2v) is 6.41. The van der Waals surface area contributed by atoms with Gasteiger partial charge in [0, 0.05) is 19.7 Å². The first-order chi connectivity index (χ1) is 11.2. The van der Waals surface area contributed by atoms with Crippen LogP contribution in [0.3, 0.4) is 0 Å². The Morgan fingerprint density at radius 3 is 3.04 bits per heavy atom. The standard InChI is InChI=1S/C18H26N2O3/c1-2-23-16-5-3-14(4-6-16)7-9-20-17(21)18-12-19-11-15(18)8-10-22-13-18/h3-6,15,19H,2,7-13H2,1H3,(H,20,21)/t15-,18+/m1/s1. The molecule has 0 bridgehead atoms. The molecule has 2 N–H and O–H groups in total. The summed E-state index contributed by atoms with van der Waals surface area (Å²) < 4.78 is 11.0. The topological polar surface area (TPSA) is 59.6 Å². The van der Waals surface area contributed by atoms with Crippen molar-refractivity contribution in [2.75, 3.05) is 39.5 Å². The number of hydrogen-bond donors (Lipinski definition) is 2. The number of nitrogens with one attached hydrogen (secondary N) is 2. The molecule has 2 aliphatic heterocycles. The van der Waals surface area contributed by atoms with Crippen LogP contribution in [0.25, 0.3) is 0 Å². The predicted octanol–water partition coefficient (Wildman–Crippen LogP) is 1.37. The van der Waals surface area contributed by atoms with Crippen LogP contribution in [0.2, 0.25) is 0 Å². The molecule has 0 unspecified atom stereocenters. The van der Waals surface area contributed by atoms with Gasteiger partial charge >= 0.3 is 0 Å². The van der Waals surface area contributed by atoms with Gasteiger partial charge in [-0.3, -0.25) is 4.79 Å². The van der Waals surface area contributed by atoms with E-state index < -0.39 is 0 Å². The number of fused-ring (bicyclic) bond motifs is 1. The van der Waals surface area contributed by atoms with E-state index in [0.29, 0.717) is 25.7 Å². The highest BCUT2D eigenvalue weighted by Gasteiger charge is 2.50. The Morgan fingerprint density at radius 2 is 2.26 bits per heavy atom. The number of benzene rings is 1. The van der Waals surface area contributed by atoms with Crippen LogP contribution in [-0.2, 0) is 16.0 Å². The van der Waals surface area contributed by atoms with Crippen LogP contribution < -0.4 is 15.4 Å². The van der Waals surface area contributed by atoms with Gasteiger partial charge in [0.15, 0.2) is 0 Å². The van der Waals surface area contributed by atoms with Crippen molar-refractivity contribution in [1.29, 1.82) is 0 Å². The van der Waals surface area contributed by atoms with Crippen LogP contribution in [0.1, 0.15) is 18.9 Å². The maximum atomic E-state index is 12.7. The second-order valence-electron chi connectivity index (χ2n) is 6.41. The zero-order chi connectivity index (χ0) is 16.1. The number of ether oxygens (including phenoxy) is 2. The molecule has 0 radical (unpaired) electrons. The van der Waals surface area contributed by atoms with Crippen molar-refractivity contribution in [2.24, 2.45) is 11.3 Å². The molecule has 2 aliphatic rings. The van der Waals surface area contributed by atoms with Gasteiger partial charge < -0.3 is 20.1 Å². The summed E-state index contributed by atoms with van der Waals surface area (Å²) in [6.45, 7) is 6.27. The van der Waals surface area contributed by atoms with Crippen LogP contribution in [0.5, 0.6) is 5.75 Å². The van der Waals surface area contributed by atoms with Crippen LogP contribution in [0.4, 0.5) is 0 Å². The number of carbonyl (C=O) groups is 1. The van der Waals surface area contributed by atoms with E-state index in [1.807, 2.05) is 19.1 Å². The van der Waals surface area contributed by atoms with E-state index in [4.69, 9.17) is 9.47 Å². The molecule has 3 rings (SSSR count). The molecule has 2 heterocycles. The third-order valence-electron chi connectivity index (χ3n) is 4.97. The third-order valence-corrected chi connectivity index (χ3v) is 4.97. The van der Waals surface area contributed by atoms with Gasteiger partial charge in [0.05, 0.1) is 18.6 Å². The van der Waals surface area contributed by atoms with E-state index in [2.05, 4.69) is 22.8 Å². The van der Waals surface area contributed by atoms with Crippen molar-refractivity contribution in [3.05, 3.63) is 29.8 Å². The highest BCUT2D eigenvalue weighted by Crippen LogP contribution is 2.37. The molecule has 5 heteroatoms. The largest absolute Gasteiger partial charge is 0.494 e. The van der Waals surface area contributed by atoms with E-state index in [9.17, 15) is 4.79 Å². The highest BCUT2D eigenvalue weighted by atomic mass is 16.5. The summed E-state index contributed by atoms with van der Waals surface area (Å²) in [5, 5.41) is 6.47. The molecule has 0 aromatic heterocycles. The molecular weight excluding hydrogens is 292 g/mol. The van der Waals surface area contributed by atoms with Gasteiger partial charge in [-0.15, -0.1) is 0 Å². The van der Waals surface area contributed by atoms with Gasteiger partial charge in [-0.2, -0.15) is 0 Å². The fraction of sp³-hybridized carbons (Fsp3) is 0.611. The fourth-order valence-electron chi connectivity index (χ4n) is 3.58. The maximum absolute atomic E-state index is 12.7. The Hall–Kier alpha value is -1.59. The van der Waals surface area contributed by atoms with Gasteiger partial charge in [0.1, 0.15) is 5.75 Å². The summed E-state index contributed by atoms with van der Waals surface area (Å²) in [7, 11) is 0. The molecule has 1 aromatic carbocycles. The van der Waals surface area contributed by atoms with Gasteiger partial charge in [-0.25, -0.2) is 0 Å². The van der Waals surface area contributed by atoms with Crippen LogP contribution in [0.15, 0.2) is 24.3 Å². The zero-order valence-electron chi connectivity index (χ0n) is 13.8. The molecule has 1 amide bonds. The SMILES string of the molecule is CCOc1ccc(CCNC(=O)[C@]23CNC[C@H]2CCOC3)cc1. The van der Waals surface area contributed by atoms with Crippen molar-refractivity contribution in [1.82, 2.24) is 10.6 Å². The number of rotatable bonds is 6. The molecule has 1 aromatic rings. The van der Waals surface area contributed by atoms with Crippen LogP contribution in [-0.4, -0.2) is 45.4 Å². The lowest BCUT2D eigenvalue weighted by Crippen LogP contribution is -2.52. The highest BCUT2D eigenvalue weighted by molar-refractivity contribution is 5.84. The minimum atomic E-state index is -0.364. The minimum absolute atomic E-state index is 0.137. The molecule has 0 saturated carbocycles. The smallest absolute Gasteiger partial charge is 0.230 e. The van der Waals surface area contributed by atoms with Crippen molar-refractivity contribution in [3.63, 3.8) is 0 Å². The normalized spacial score (nSPS) is 26.6.